The highest BCUT2D eigenvalue weighted by atomic mass is 16.5. The molecule has 45 heavy (non-hydrogen) atoms. The van der Waals surface area contributed by atoms with Crippen molar-refractivity contribution in [2.45, 2.75) is 56.4 Å². The lowest BCUT2D eigenvalue weighted by Crippen LogP contribution is -2.45. The molecule has 4 aromatic carbocycles. The van der Waals surface area contributed by atoms with Crippen molar-refractivity contribution in [3.05, 3.63) is 143 Å². The van der Waals surface area contributed by atoms with Gasteiger partial charge < -0.3 is 15.0 Å². The maximum Gasteiger partial charge on any atom is 0.329 e. The molecule has 6 heteroatoms. The Bertz CT molecular complexity index is 1700. The minimum atomic E-state index is -1.01. The predicted octanol–water partition coefficient (Wildman–Crippen LogP) is 7.50. The second-order valence-corrected chi connectivity index (χ2v) is 11.9. The first kappa shape index (κ1) is 30.1. The maximum absolute atomic E-state index is 14.0. The van der Waals surface area contributed by atoms with E-state index in [1.165, 1.54) is 37.7 Å². The quantitative estimate of drug-likeness (QED) is 0.122. The summed E-state index contributed by atoms with van der Waals surface area (Å²) in [5.41, 5.74) is 5.20. The molecule has 6 nitrogen and oxygen atoms in total. The fourth-order valence-electron chi connectivity index (χ4n) is 6.45. The lowest BCUT2D eigenvalue weighted by molar-refractivity contribution is -0.146. The highest BCUT2D eigenvalue weighted by Gasteiger charge is 2.30. The first-order chi connectivity index (χ1) is 22.1. The van der Waals surface area contributed by atoms with Gasteiger partial charge in [-0.1, -0.05) is 122 Å². The molecule has 6 rings (SSSR count). The highest BCUT2D eigenvalue weighted by molar-refractivity contribution is 5.98. The molecule has 2 N–H and O–H groups in total. The number of ketones is 1. The number of carbonyl (C=O) groups is 3. The molecule has 1 aliphatic rings. The molecule has 1 saturated carbocycles. The summed E-state index contributed by atoms with van der Waals surface area (Å²) >= 11 is 0. The summed E-state index contributed by atoms with van der Waals surface area (Å²) in [7, 11) is 0. The third-order valence-corrected chi connectivity index (χ3v) is 8.88. The van der Waals surface area contributed by atoms with Crippen LogP contribution in [0.5, 0.6) is 0 Å². The van der Waals surface area contributed by atoms with Crippen LogP contribution in [0.4, 0.5) is 0 Å². The van der Waals surface area contributed by atoms with Gasteiger partial charge in [0.05, 0.1) is 5.92 Å². The molecule has 5 aromatic rings. The number of carbonyl (C=O) groups excluding carboxylic acids is 3. The van der Waals surface area contributed by atoms with E-state index >= 15 is 0 Å². The van der Waals surface area contributed by atoms with Crippen LogP contribution in [-0.2, 0) is 20.7 Å². The molecule has 1 atom stereocenters. The highest BCUT2D eigenvalue weighted by Crippen LogP contribution is 2.32. The van der Waals surface area contributed by atoms with Crippen LogP contribution in [0.15, 0.2) is 115 Å². The first-order valence-electron chi connectivity index (χ1n) is 15.8. The van der Waals surface area contributed by atoms with Gasteiger partial charge in [-0.15, -0.1) is 0 Å². The molecule has 0 radical (unpaired) electrons. The van der Waals surface area contributed by atoms with E-state index in [1.807, 2.05) is 115 Å². The van der Waals surface area contributed by atoms with Crippen molar-refractivity contribution in [3.63, 3.8) is 0 Å². The summed E-state index contributed by atoms with van der Waals surface area (Å²) in [6.45, 7) is -0.400. The van der Waals surface area contributed by atoms with Crippen LogP contribution < -0.4 is 5.32 Å². The maximum atomic E-state index is 14.0. The molecule has 1 fully saturated rings. The van der Waals surface area contributed by atoms with E-state index in [0.29, 0.717) is 11.5 Å². The molecule has 0 aliphatic heterocycles. The minimum absolute atomic E-state index is 0.204. The van der Waals surface area contributed by atoms with E-state index in [2.05, 4.69) is 10.3 Å². The van der Waals surface area contributed by atoms with Crippen molar-refractivity contribution >= 4 is 28.6 Å². The lowest BCUT2D eigenvalue weighted by Gasteiger charge is -2.23. The number of hydrogen-bond donors (Lipinski definition) is 2. The standard InChI is InChI=1S/C39H38N2O4/c42-36(29-22-20-28(21-23-29)27-12-4-1-5-13-27)26-45-39(44)35(24-32-25-40-34-19-11-10-18-33(32)34)41-38(43)37(30-14-6-2-7-15-30)31-16-8-3-9-17-31/h2-3,6-11,14-23,25,27,35,37,40H,1,4-5,12-13,24,26H2,(H,41,43)/t35-/m0/s1. The molecule has 0 bridgehead atoms. The third-order valence-electron chi connectivity index (χ3n) is 8.88. The van der Waals surface area contributed by atoms with E-state index in [4.69, 9.17) is 4.74 Å². The topological polar surface area (TPSA) is 88.3 Å². The number of benzene rings is 4. The zero-order valence-electron chi connectivity index (χ0n) is 25.3. The van der Waals surface area contributed by atoms with Crippen LogP contribution in [-0.4, -0.2) is 35.3 Å². The monoisotopic (exact) mass is 598 g/mol. The van der Waals surface area contributed by atoms with Gasteiger partial charge in [-0.2, -0.15) is 0 Å². The van der Waals surface area contributed by atoms with Crippen LogP contribution in [0.25, 0.3) is 10.9 Å². The van der Waals surface area contributed by atoms with Gasteiger partial charge in [0.1, 0.15) is 6.04 Å². The number of para-hydroxylation sites is 1. The van der Waals surface area contributed by atoms with Crippen molar-refractivity contribution in [2.75, 3.05) is 6.61 Å². The van der Waals surface area contributed by atoms with Crippen LogP contribution in [0.2, 0.25) is 0 Å². The van der Waals surface area contributed by atoms with Gasteiger partial charge in [-0.05, 0) is 47.1 Å². The molecule has 0 unspecified atom stereocenters. The van der Waals surface area contributed by atoms with E-state index in [0.717, 1.165) is 27.6 Å². The number of nitrogens with one attached hydrogen (secondary N) is 2. The average Bonchev–Trinajstić information content (AvgIpc) is 3.51. The number of H-pyrrole nitrogens is 1. The Labute approximate surface area is 263 Å². The van der Waals surface area contributed by atoms with E-state index < -0.39 is 24.5 Å². The Morgan fingerprint density at radius 3 is 2.04 bits per heavy atom. The Kier molecular flexibility index (Phi) is 9.50. The largest absolute Gasteiger partial charge is 0.456 e. The summed E-state index contributed by atoms with van der Waals surface area (Å²) in [5.74, 6) is -1.33. The number of rotatable bonds is 11. The second kappa shape index (κ2) is 14.2. The van der Waals surface area contributed by atoms with Gasteiger partial charge >= 0.3 is 5.97 Å². The molecule has 1 amide bonds. The number of aromatic nitrogens is 1. The predicted molar refractivity (Wildman–Crippen MR) is 176 cm³/mol. The smallest absolute Gasteiger partial charge is 0.329 e. The molecular weight excluding hydrogens is 560 g/mol. The van der Waals surface area contributed by atoms with Crippen molar-refractivity contribution < 1.29 is 19.1 Å². The zero-order valence-corrected chi connectivity index (χ0v) is 25.3. The second-order valence-electron chi connectivity index (χ2n) is 11.9. The summed E-state index contributed by atoms with van der Waals surface area (Å²) in [6, 6.07) is 33.5. The van der Waals surface area contributed by atoms with Gasteiger partial charge in [0, 0.05) is 29.1 Å². The van der Waals surface area contributed by atoms with Crippen molar-refractivity contribution in [3.8, 4) is 0 Å². The van der Waals surface area contributed by atoms with Gasteiger partial charge in [-0.3, -0.25) is 9.59 Å². The number of hydrogen-bond acceptors (Lipinski definition) is 4. The van der Waals surface area contributed by atoms with E-state index in [1.54, 1.807) is 0 Å². The number of fused-ring (bicyclic) bond motifs is 1. The summed E-state index contributed by atoms with van der Waals surface area (Å²) < 4.78 is 5.61. The first-order valence-corrected chi connectivity index (χ1v) is 15.8. The van der Waals surface area contributed by atoms with Crippen molar-refractivity contribution in [1.82, 2.24) is 10.3 Å². The SMILES string of the molecule is O=C(COC(=O)[C@H](Cc1c[nH]c2ccccc12)NC(=O)C(c1ccccc1)c1ccccc1)c1ccc(C2CCCCC2)cc1. The molecule has 1 aromatic heterocycles. The lowest BCUT2D eigenvalue weighted by atomic mass is 9.84. The molecule has 0 spiro atoms. The molecule has 1 aliphatic carbocycles. The normalized spacial score (nSPS) is 14.2. The van der Waals surface area contributed by atoms with Crippen LogP contribution in [0.3, 0.4) is 0 Å². The number of aromatic amines is 1. The fraction of sp³-hybridized carbons (Fsp3) is 0.256. The van der Waals surface area contributed by atoms with Gasteiger partial charge in [0.2, 0.25) is 5.91 Å². The third kappa shape index (κ3) is 7.23. The van der Waals surface area contributed by atoms with Crippen LogP contribution in [0, 0.1) is 0 Å². The Hall–Kier alpha value is -4.97. The van der Waals surface area contributed by atoms with E-state index in [9.17, 15) is 14.4 Å². The van der Waals surface area contributed by atoms with Crippen molar-refractivity contribution in [2.24, 2.45) is 0 Å². The average molecular weight is 599 g/mol. The number of esters is 1. The van der Waals surface area contributed by atoms with Gasteiger partial charge in [0.15, 0.2) is 12.4 Å². The Morgan fingerprint density at radius 1 is 0.756 bits per heavy atom. The number of Topliss-reactive ketones (excluding diaryl/α,β-unsaturated/α-hetero) is 1. The molecule has 1 heterocycles. The van der Waals surface area contributed by atoms with Gasteiger partial charge in [0.25, 0.3) is 0 Å². The summed E-state index contributed by atoms with van der Waals surface area (Å²) in [6.07, 6.45) is 8.20. The zero-order chi connectivity index (χ0) is 31.0. The Balaban J connectivity index is 1.20. The fourth-order valence-corrected chi connectivity index (χ4v) is 6.45. The molecule has 228 valence electrons. The van der Waals surface area contributed by atoms with E-state index in [-0.39, 0.29) is 18.1 Å². The molecular formula is C39H38N2O4. The van der Waals surface area contributed by atoms with Crippen LogP contribution >= 0.6 is 0 Å². The number of ether oxygens (including phenoxy) is 1. The summed E-state index contributed by atoms with van der Waals surface area (Å²) in [5, 5.41) is 3.95. The number of amides is 1. The van der Waals surface area contributed by atoms with Crippen LogP contribution in [0.1, 0.15) is 76.6 Å². The Morgan fingerprint density at radius 2 is 1.38 bits per heavy atom. The van der Waals surface area contributed by atoms with Gasteiger partial charge in [-0.25, -0.2) is 4.79 Å². The van der Waals surface area contributed by atoms with Crippen molar-refractivity contribution in [1.29, 1.82) is 0 Å². The minimum Gasteiger partial charge on any atom is -0.456 e. The molecule has 0 saturated heterocycles. The summed E-state index contributed by atoms with van der Waals surface area (Å²) in [4.78, 5) is 43.9.